The molecule has 0 bridgehead atoms. The molecule has 4 rings (SSSR count). The van der Waals surface area contributed by atoms with E-state index in [1.165, 1.54) is 0 Å². The number of aromatic nitrogens is 2. The molecule has 1 aliphatic rings. The van der Waals surface area contributed by atoms with Crippen molar-refractivity contribution in [1.82, 2.24) is 9.97 Å². The van der Waals surface area contributed by atoms with Crippen molar-refractivity contribution in [2.75, 3.05) is 36.5 Å². The lowest BCUT2D eigenvalue weighted by molar-refractivity contribution is -0.116. The maximum Gasteiger partial charge on any atom is 0.255 e. The number of carbonyl (C=O) groups is 1. The van der Waals surface area contributed by atoms with Crippen LogP contribution >= 0.6 is 0 Å². The number of aryl methyl sites for hydroxylation is 1. The highest BCUT2D eigenvalue weighted by molar-refractivity contribution is 5.90. The lowest BCUT2D eigenvalue weighted by atomic mass is 10.1. The highest BCUT2D eigenvalue weighted by Gasteiger charge is 2.17. The van der Waals surface area contributed by atoms with Crippen LogP contribution in [0.2, 0.25) is 0 Å². The molecular weight excluding hydrogens is 424 g/mol. The van der Waals surface area contributed by atoms with Gasteiger partial charge in [-0.2, -0.15) is 0 Å². The molecule has 9 heteroatoms. The second-order valence-corrected chi connectivity index (χ2v) is 7.87. The molecule has 1 aliphatic heterocycles. The summed E-state index contributed by atoms with van der Waals surface area (Å²) in [6.45, 7) is 5.20. The fourth-order valence-electron chi connectivity index (χ4n) is 3.68. The molecule has 2 N–H and O–H groups in total. The molecule has 9 nitrogen and oxygen atoms in total. The zero-order valence-electron chi connectivity index (χ0n) is 18.6. The first-order valence-electron chi connectivity index (χ1n) is 11.0. The molecule has 174 valence electrons. The van der Waals surface area contributed by atoms with Crippen LogP contribution in [0.4, 0.5) is 11.6 Å². The third-order valence-corrected chi connectivity index (χ3v) is 5.43. The van der Waals surface area contributed by atoms with Gasteiger partial charge in [0.15, 0.2) is 0 Å². The zero-order valence-corrected chi connectivity index (χ0v) is 18.6. The van der Waals surface area contributed by atoms with Crippen molar-refractivity contribution in [3.05, 3.63) is 75.6 Å². The van der Waals surface area contributed by atoms with Gasteiger partial charge in [-0.25, -0.2) is 4.98 Å². The van der Waals surface area contributed by atoms with Crippen LogP contribution in [-0.2, 0) is 33.9 Å². The number of rotatable bonds is 9. The summed E-state index contributed by atoms with van der Waals surface area (Å²) in [4.78, 5) is 34.5. The van der Waals surface area contributed by atoms with E-state index in [-0.39, 0.29) is 17.9 Å². The van der Waals surface area contributed by atoms with Gasteiger partial charge in [-0.1, -0.05) is 12.1 Å². The second kappa shape index (κ2) is 10.9. The minimum Gasteiger partial charge on any atom is -0.467 e. The van der Waals surface area contributed by atoms with Crippen LogP contribution in [0, 0.1) is 6.92 Å². The van der Waals surface area contributed by atoms with Crippen LogP contribution in [0.1, 0.15) is 29.0 Å². The van der Waals surface area contributed by atoms with Gasteiger partial charge in [-0.3, -0.25) is 14.6 Å². The molecule has 1 saturated heterocycles. The highest BCUT2D eigenvalue weighted by atomic mass is 16.5. The van der Waals surface area contributed by atoms with E-state index in [0.717, 1.165) is 11.3 Å². The number of hydrogen-bond donors (Lipinski definition) is 2. The minimum absolute atomic E-state index is 0.167. The van der Waals surface area contributed by atoms with Gasteiger partial charge < -0.3 is 24.1 Å². The van der Waals surface area contributed by atoms with E-state index in [2.05, 4.69) is 15.3 Å². The largest absolute Gasteiger partial charge is 0.467 e. The Morgan fingerprint density at radius 1 is 1.21 bits per heavy atom. The van der Waals surface area contributed by atoms with Crippen molar-refractivity contribution in [2.24, 2.45) is 0 Å². The van der Waals surface area contributed by atoms with Crippen molar-refractivity contribution in [2.45, 2.75) is 33.0 Å². The van der Waals surface area contributed by atoms with E-state index >= 15 is 0 Å². The quantitative estimate of drug-likeness (QED) is 0.514. The van der Waals surface area contributed by atoms with E-state index in [4.69, 9.17) is 13.9 Å². The Morgan fingerprint density at radius 2 is 2.06 bits per heavy atom. The van der Waals surface area contributed by atoms with E-state index < -0.39 is 0 Å². The number of ether oxygens (including phenoxy) is 2. The van der Waals surface area contributed by atoms with Crippen LogP contribution in [0.5, 0.6) is 0 Å². The molecule has 2 aromatic heterocycles. The maximum atomic E-state index is 12.6. The Kier molecular flexibility index (Phi) is 7.54. The van der Waals surface area contributed by atoms with Gasteiger partial charge in [0.2, 0.25) is 11.9 Å². The summed E-state index contributed by atoms with van der Waals surface area (Å²) < 4.78 is 16.2. The zero-order chi connectivity index (χ0) is 23.0. The lowest BCUT2D eigenvalue weighted by Gasteiger charge is -2.27. The number of furan rings is 1. The van der Waals surface area contributed by atoms with Crippen LogP contribution in [-0.4, -0.2) is 42.2 Å². The number of benzene rings is 1. The number of anilines is 2. The molecule has 3 aromatic rings. The van der Waals surface area contributed by atoms with Crippen LogP contribution in [0.3, 0.4) is 0 Å². The number of amides is 1. The third kappa shape index (κ3) is 6.30. The monoisotopic (exact) mass is 452 g/mol. The standard InChI is InChI=1S/C24H28N4O5/c1-17-21(23(30)27-24(25-17)28-9-12-31-13-10-28)7-8-22(29)26-19-5-2-4-18(14-19)15-32-16-20-6-3-11-33-20/h2-6,11,14H,7-10,12-13,15-16H2,1H3,(H,26,29)(H,25,27,30). The molecule has 0 unspecified atom stereocenters. The van der Waals surface area contributed by atoms with Gasteiger partial charge in [0, 0.05) is 36.5 Å². The molecule has 1 fully saturated rings. The molecule has 0 spiro atoms. The van der Waals surface area contributed by atoms with E-state index in [0.29, 0.717) is 68.8 Å². The van der Waals surface area contributed by atoms with E-state index in [1.54, 1.807) is 13.2 Å². The van der Waals surface area contributed by atoms with Crippen molar-refractivity contribution in [1.29, 1.82) is 0 Å². The minimum atomic E-state index is -0.201. The van der Waals surface area contributed by atoms with Gasteiger partial charge >= 0.3 is 0 Å². The third-order valence-electron chi connectivity index (χ3n) is 5.43. The summed E-state index contributed by atoms with van der Waals surface area (Å²) in [6.07, 6.45) is 2.11. The summed E-state index contributed by atoms with van der Waals surface area (Å²) >= 11 is 0. The number of nitrogens with zero attached hydrogens (tertiary/aromatic N) is 2. The van der Waals surface area contributed by atoms with Crippen molar-refractivity contribution in [3.63, 3.8) is 0 Å². The Labute approximate surface area is 191 Å². The van der Waals surface area contributed by atoms with Crippen molar-refractivity contribution < 1.29 is 18.7 Å². The maximum absolute atomic E-state index is 12.6. The van der Waals surface area contributed by atoms with Gasteiger partial charge in [0.1, 0.15) is 12.4 Å². The Morgan fingerprint density at radius 3 is 2.82 bits per heavy atom. The van der Waals surface area contributed by atoms with Gasteiger partial charge in [0.05, 0.1) is 26.1 Å². The highest BCUT2D eigenvalue weighted by Crippen LogP contribution is 2.15. The Balaban J connectivity index is 1.29. The molecule has 1 amide bonds. The summed E-state index contributed by atoms with van der Waals surface area (Å²) in [5, 5.41) is 2.89. The fraction of sp³-hybridized carbons (Fsp3) is 0.375. The summed E-state index contributed by atoms with van der Waals surface area (Å²) in [6, 6.07) is 11.2. The fourth-order valence-corrected chi connectivity index (χ4v) is 3.68. The van der Waals surface area contributed by atoms with E-state index in [1.807, 2.05) is 41.3 Å². The predicted molar refractivity (Wildman–Crippen MR) is 123 cm³/mol. The van der Waals surface area contributed by atoms with Crippen molar-refractivity contribution in [3.8, 4) is 0 Å². The average Bonchev–Trinajstić information content (AvgIpc) is 3.33. The van der Waals surface area contributed by atoms with Gasteiger partial charge in [-0.05, 0) is 43.2 Å². The first-order valence-corrected chi connectivity index (χ1v) is 11.0. The molecule has 0 radical (unpaired) electrons. The summed E-state index contributed by atoms with van der Waals surface area (Å²) in [5.41, 5.74) is 2.60. The number of hydrogen-bond acceptors (Lipinski definition) is 7. The molecular formula is C24H28N4O5. The molecule has 33 heavy (non-hydrogen) atoms. The predicted octanol–water partition coefficient (Wildman–Crippen LogP) is 2.80. The lowest BCUT2D eigenvalue weighted by Crippen LogP contribution is -2.38. The molecule has 1 aromatic carbocycles. The Bertz CT molecular complexity index is 1120. The smallest absolute Gasteiger partial charge is 0.255 e. The molecule has 0 atom stereocenters. The van der Waals surface area contributed by atoms with Gasteiger partial charge in [0.25, 0.3) is 5.56 Å². The van der Waals surface area contributed by atoms with Crippen LogP contribution in [0.15, 0.2) is 51.9 Å². The number of carbonyl (C=O) groups excluding carboxylic acids is 1. The average molecular weight is 453 g/mol. The summed E-state index contributed by atoms with van der Waals surface area (Å²) in [5.74, 6) is 1.15. The van der Waals surface area contributed by atoms with Gasteiger partial charge in [-0.15, -0.1) is 0 Å². The van der Waals surface area contributed by atoms with Crippen LogP contribution < -0.4 is 15.8 Å². The Hall–Kier alpha value is -3.43. The topological polar surface area (TPSA) is 110 Å². The number of aromatic amines is 1. The van der Waals surface area contributed by atoms with Crippen LogP contribution in [0.25, 0.3) is 0 Å². The number of nitrogens with one attached hydrogen (secondary N) is 2. The first-order chi connectivity index (χ1) is 16.1. The molecule has 0 saturated carbocycles. The summed E-state index contributed by atoms with van der Waals surface area (Å²) in [7, 11) is 0. The van der Waals surface area contributed by atoms with E-state index in [9.17, 15) is 9.59 Å². The molecule has 0 aliphatic carbocycles. The first kappa shape index (κ1) is 22.8. The van der Waals surface area contributed by atoms with Crippen molar-refractivity contribution >= 4 is 17.5 Å². The normalized spacial score (nSPS) is 13.8. The second-order valence-electron chi connectivity index (χ2n) is 7.87. The number of morpholine rings is 1. The number of H-pyrrole nitrogens is 1. The SMILES string of the molecule is Cc1nc(N2CCOCC2)[nH]c(=O)c1CCC(=O)Nc1cccc(COCc2ccco2)c1. The molecule has 3 heterocycles.